The summed E-state index contributed by atoms with van der Waals surface area (Å²) in [5.41, 5.74) is 0.911. The SMILES string of the molecule is C[C@H](c1nc2ccccc2s1)N(C)C(=O)/C=C/c1ccc([N+](=O)[O-])o1. The maximum Gasteiger partial charge on any atom is 0.433 e. The van der Waals surface area contributed by atoms with E-state index >= 15 is 0 Å². The zero-order chi connectivity index (χ0) is 18.0. The van der Waals surface area contributed by atoms with E-state index in [0.717, 1.165) is 15.2 Å². The van der Waals surface area contributed by atoms with Gasteiger partial charge < -0.3 is 9.32 Å². The van der Waals surface area contributed by atoms with Gasteiger partial charge in [0, 0.05) is 13.1 Å². The monoisotopic (exact) mass is 357 g/mol. The summed E-state index contributed by atoms with van der Waals surface area (Å²) in [7, 11) is 1.69. The molecule has 3 rings (SSSR count). The fourth-order valence-corrected chi connectivity index (χ4v) is 3.29. The molecule has 0 aliphatic carbocycles. The van der Waals surface area contributed by atoms with Crippen LogP contribution in [0, 0.1) is 10.1 Å². The van der Waals surface area contributed by atoms with Gasteiger partial charge in [-0.1, -0.05) is 12.1 Å². The van der Waals surface area contributed by atoms with Gasteiger partial charge in [0.15, 0.2) is 0 Å². The van der Waals surface area contributed by atoms with Gasteiger partial charge in [-0.15, -0.1) is 11.3 Å². The minimum atomic E-state index is -0.625. The second kappa shape index (κ2) is 6.86. The first-order chi connectivity index (χ1) is 12.0. The molecule has 1 aromatic carbocycles. The van der Waals surface area contributed by atoms with E-state index in [4.69, 9.17) is 4.42 Å². The average molecular weight is 357 g/mol. The van der Waals surface area contributed by atoms with Crippen LogP contribution in [-0.4, -0.2) is 27.8 Å². The standard InChI is InChI=1S/C17H15N3O4S/c1-11(17-18-13-5-3-4-6-14(13)25-17)19(2)15(21)9-7-12-8-10-16(24-12)20(22)23/h3-11H,1-2H3/b9-7+/t11-/m1/s1. The summed E-state index contributed by atoms with van der Waals surface area (Å²) < 4.78 is 6.07. The Morgan fingerprint density at radius 2 is 2.12 bits per heavy atom. The molecule has 2 aromatic heterocycles. The molecule has 0 spiro atoms. The van der Waals surface area contributed by atoms with Crippen molar-refractivity contribution in [2.45, 2.75) is 13.0 Å². The van der Waals surface area contributed by atoms with Gasteiger partial charge in [-0.2, -0.15) is 0 Å². The first-order valence-electron chi connectivity index (χ1n) is 7.50. The lowest BCUT2D eigenvalue weighted by Gasteiger charge is -2.21. The minimum Gasteiger partial charge on any atom is -0.401 e. The number of thiazole rings is 1. The van der Waals surface area contributed by atoms with Crippen molar-refractivity contribution in [1.29, 1.82) is 0 Å². The lowest BCUT2D eigenvalue weighted by Crippen LogP contribution is -2.27. The Labute approximate surface area is 147 Å². The van der Waals surface area contributed by atoms with Gasteiger partial charge >= 0.3 is 5.88 Å². The summed E-state index contributed by atoms with van der Waals surface area (Å²) in [6.07, 6.45) is 2.74. The predicted octanol–water partition coefficient (Wildman–Crippen LogP) is 4.03. The zero-order valence-corrected chi connectivity index (χ0v) is 14.4. The van der Waals surface area contributed by atoms with Crippen LogP contribution in [0.4, 0.5) is 5.88 Å². The van der Waals surface area contributed by atoms with E-state index < -0.39 is 4.92 Å². The summed E-state index contributed by atoms with van der Waals surface area (Å²) in [6.45, 7) is 1.90. The summed E-state index contributed by atoms with van der Waals surface area (Å²) in [5, 5.41) is 11.4. The Morgan fingerprint density at radius 3 is 2.80 bits per heavy atom. The Bertz CT molecular complexity index is 927. The van der Waals surface area contributed by atoms with E-state index in [2.05, 4.69) is 4.98 Å². The number of likely N-dealkylation sites (N-methyl/N-ethyl adjacent to an activating group) is 1. The number of hydrogen-bond acceptors (Lipinski definition) is 6. The molecule has 0 aliphatic heterocycles. The van der Waals surface area contributed by atoms with Gasteiger partial charge in [-0.3, -0.25) is 14.9 Å². The highest BCUT2D eigenvalue weighted by atomic mass is 32.1. The minimum absolute atomic E-state index is 0.194. The van der Waals surface area contributed by atoms with E-state index in [1.807, 2.05) is 31.2 Å². The fourth-order valence-electron chi connectivity index (χ4n) is 2.23. The number of amides is 1. The molecule has 1 atom stereocenters. The number of nitrogens with zero attached hydrogens (tertiary/aromatic N) is 3. The van der Waals surface area contributed by atoms with Crippen molar-refractivity contribution >= 4 is 39.4 Å². The molecule has 3 aromatic rings. The molecule has 25 heavy (non-hydrogen) atoms. The zero-order valence-electron chi connectivity index (χ0n) is 13.6. The molecule has 0 N–H and O–H groups in total. The van der Waals surface area contributed by atoms with Crippen molar-refractivity contribution in [2.24, 2.45) is 0 Å². The molecule has 0 saturated carbocycles. The highest BCUT2D eigenvalue weighted by Crippen LogP contribution is 2.29. The van der Waals surface area contributed by atoms with Crippen LogP contribution in [0.5, 0.6) is 0 Å². The average Bonchev–Trinajstić information content (AvgIpc) is 3.24. The van der Waals surface area contributed by atoms with E-state index in [1.54, 1.807) is 23.3 Å². The lowest BCUT2D eigenvalue weighted by molar-refractivity contribution is -0.402. The van der Waals surface area contributed by atoms with Crippen LogP contribution in [-0.2, 0) is 4.79 Å². The molecule has 1 amide bonds. The fraction of sp³-hybridized carbons (Fsp3) is 0.176. The van der Waals surface area contributed by atoms with Crippen molar-refractivity contribution in [3.05, 3.63) is 63.4 Å². The van der Waals surface area contributed by atoms with Crippen molar-refractivity contribution < 1.29 is 14.1 Å². The van der Waals surface area contributed by atoms with Crippen molar-refractivity contribution in [3.63, 3.8) is 0 Å². The maximum atomic E-state index is 12.3. The van der Waals surface area contributed by atoms with Crippen LogP contribution >= 0.6 is 11.3 Å². The van der Waals surface area contributed by atoms with Crippen LogP contribution in [0.25, 0.3) is 16.3 Å². The third-order valence-corrected chi connectivity index (χ3v) is 4.99. The summed E-state index contributed by atoms with van der Waals surface area (Å²) >= 11 is 1.55. The molecule has 0 saturated heterocycles. The van der Waals surface area contributed by atoms with Crippen LogP contribution < -0.4 is 0 Å². The van der Waals surface area contributed by atoms with Crippen molar-refractivity contribution in [2.75, 3.05) is 7.05 Å². The maximum absolute atomic E-state index is 12.3. The largest absolute Gasteiger partial charge is 0.433 e. The van der Waals surface area contributed by atoms with E-state index in [1.165, 1.54) is 24.3 Å². The molecule has 0 unspecified atom stereocenters. The quantitative estimate of drug-likeness (QED) is 0.391. The van der Waals surface area contributed by atoms with Crippen molar-refractivity contribution in [1.82, 2.24) is 9.88 Å². The molecule has 0 fully saturated rings. The Balaban J connectivity index is 1.72. The highest BCUT2D eigenvalue weighted by Gasteiger charge is 2.19. The number of carbonyl (C=O) groups excluding carboxylic acids is 1. The molecule has 0 radical (unpaired) electrons. The second-order valence-corrected chi connectivity index (χ2v) is 6.47. The smallest absolute Gasteiger partial charge is 0.401 e. The molecule has 7 nitrogen and oxygen atoms in total. The van der Waals surface area contributed by atoms with Crippen LogP contribution in [0.15, 0.2) is 46.9 Å². The molecule has 2 heterocycles. The van der Waals surface area contributed by atoms with Gasteiger partial charge in [0.25, 0.3) is 0 Å². The van der Waals surface area contributed by atoms with Gasteiger partial charge in [-0.25, -0.2) is 4.98 Å². The van der Waals surface area contributed by atoms with Gasteiger partial charge in [0.1, 0.15) is 15.7 Å². The van der Waals surface area contributed by atoms with Crippen LogP contribution in [0.2, 0.25) is 0 Å². The highest BCUT2D eigenvalue weighted by molar-refractivity contribution is 7.18. The molecule has 128 valence electrons. The number of fused-ring (bicyclic) bond motifs is 1. The molecular weight excluding hydrogens is 342 g/mol. The summed E-state index contributed by atoms with van der Waals surface area (Å²) in [6, 6.07) is 10.3. The number of para-hydroxylation sites is 1. The number of aromatic nitrogens is 1. The van der Waals surface area contributed by atoms with Crippen LogP contribution in [0.1, 0.15) is 23.7 Å². The number of carbonyl (C=O) groups is 1. The molecular formula is C17H15N3O4S. The number of benzene rings is 1. The van der Waals surface area contributed by atoms with E-state index in [9.17, 15) is 14.9 Å². The van der Waals surface area contributed by atoms with E-state index in [-0.39, 0.29) is 23.6 Å². The lowest BCUT2D eigenvalue weighted by atomic mass is 10.3. The Hall–Kier alpha value is -3.00. The molecule has 0 bridgehead atoms. The predicted molar refractivity (Wildman–Crippen MR) is 95.2 cm³/mol. The third-order valence-electron chi connectivity index (χ3n) is 3.78. The number of hydrogen-bond donors (Lipinski definition) is 0. The van der Waals surface area contributed by atoms with Gasteiger partial charge in [0.2, 0.25) is 5.91 Å². The summed E-state index contributed by atoms with van der Waals surface area (Å²) in [5.74, 6) is -0.352. The molecule has 8 heteroatoms. The second-order valence-electron chi connectivity index (χ2n) is 5.41. The topological polar surface area (TPSA) is 89.5 Å². The molecule has 0 aliphatic rings. The van der Waals surface area contributed by atoms with Gasteiger partial charge in [0.05, 0.1) is 22.3 Å². The first kappa shape index (κ1) is 16.8. The third kappa shape index (κ3) is 3.58. The first-order valence-corrected chi connectivity index (χ1v) is 8.32. The number of nitro groups is 1. The van der Waals surface area contributed by atoms with Gasteiger partial charge in [-0.05, 0) is 31.2 Å². The summed E-state index contributed by atoms with van der Waals surface area (Å²) in [4.78, 5) is 28.4. The van der Waals surface area contributed by atoms with Crippen LogP contribution in [0.3, 0.4) is 0 Å². The Kier molecular flexibility index (Phi) is 4.62. The normalized spacial score (nSPS) is 12.6. The Morgan fingerprint density at radius 1 is 1.36 bits per heavy atom. The number of rotatable bonds is 5. The van der Waals surface area contributed by atoms with Crippen molar-refractivity contribution in [3.8, 4) is 0 Å². The number of furan rings is 1. The van der Waals surface area contributed by atoms with E-state index in [0.29, 0.717) is 0 Å².